The molecule has 7 rings (SSSR count). The molecule has 43 heavy (non-hydrogen) atoms. The topological polar surface area (TPSA) is 161 Å². The molecule has 4 radical (unpaired) electrons. The summed E-state index contributed by atoms with van der Waals surface area (Å²) in [4.78, 5) is 13.4. The summed E-state index contributed by atoms with van der Waals surface area (Å²) in [7, 11) is 2.86. The smallest absolute Gasteiger partial charge is 0.310 e. The number of aliphatic hydroxyl groups is 2. The van der Waals surface area contributed by atoms with Crippen molar-refractivity contribution in [3.05, 3.63) is 41.0 Å². The first-order valence-corrected chi connectivity index (χ1v) is 13.8. The quantitative estimate of drug-likeness (QED) is 0.291. The molecule has 3 N–H and O–H groups in total. The average Bonchev–Trinajstić information content (AvgIpc) is 3.61. The van der Waals surface area contributed by atoms with Crippen molar-refractivity contribution in [2.45, 2.75) is 55.9 Å². The third-order valence-electron chi connectivity index (χ3n) is 8.75. The zero-order valence-corrected chi connectivity index (χ0v) is 27.5. The Kier molecular flexibility index (Phi) is 8.42. The SMILES string of the molecule is COc1cc([C@@H]2c3cc4c(cc3C(O[C@@H]3O[C@@H]5CO[C@@H](C)O[C@H]5[C@H](O)[C@H]3O)C3COC(=O)[C@@H]32)OCO4)cc(OC)c1O.[Pb]. The monoisotopic (exact) mass is 796 g/mol. The molecular formula is C29H32O13Pb. The number of aliphatic hydroxyl groups excluding tert-OH is 2. The second kappa shape index (κ2) is 11.8. The molecule has 4 heterocycles. The summed E-state index contributed by atoms with van der Waals surface area (Å²) in [6.45, 7) is 1.93. The second-order valence-corrected chi connectivity index (χ2v) is 11.0. The molecule has 1 aliphatic carbocycles. The van der Waals surface area contributed by atoms with Gasteiger partial charge in [-0.1, -0.05) is 0 Å². The van der Waals surface area contributed by atoms with Gasteiger partial charge < -0.3 is 58.0 Å². The maximum absolute atomic E-state index is 13.4. The van der Waals surface area contributed by atoms with E-state index in [-0.39, 0.29) is 64.6 Å². The molecule has 0 bridgehead atoms. The van der Waals surface area contributed by atoms with Crippen molar-refractivity contribution in [1.82, 2.24) is 0 Å². The number of methoxy groups -OCH3 is 2. The summed E-state index contributed by atoms with van der Waals surface area (Å²) in [5, 5.41) is 32.5. The van der Waals surface area contributed by atoms with Gasteiger partial charge in [-0.3, -0.25) is 4.79 Å². The Morgan fingerprint density at radius 2 is 1.56 bits per heavy atom. The van der Waals surface area contributed by atoms with Gasteiger partial charge in [0.2, 0.25) is 12.5 Å². The number of phenols is 1. The van der Waals surface area contributed by atoms with Gasteiger partial charge in [-0.15, -0.1) is 0 Å². The number of rotatable bonds is 5. The second-order valence-electron chi connectivity index (χ2n) is 11.0. The molecule has 14 heteroatoms. The van der Waals surface area contributed by atoms with Crippen LogP contribution in [0, 0.1) is 11.8 Å². The molecule has 2 aromatic carbocycles. The van der Waals surface area contributed by atoms with Crippen molar-refractivity contribution < 1.29 is 62.7 Å². The number of esters is 1. The number of benzene rings is 2. The molecular weight excluding hydrogens is 764 g/mol. The van der Waals surface area contributed by atoms with Crippen molar-refractivity contribution in [2.75, 3.05) is 34.2 Å². The van der Waals surface area contributed by atoms with Crippen LogP contribution < -0.4 is 18.9 Å². The first kappa shape index (κ1) is 30.6. The third-order valence-corrected chi connectivity index (χ3v) is 8.75. The van der Waals surface area contributed by atoms with Gasteiger partial charge in [-0.25, -0.2) is 0 Å². The predicted molar refractivity (Wildman–Crippen MR) is 144 cm³/mol. The summed E-state index contributed by atoms with van der Waals surface area (Å²) < 4.78 is 51.5. The van der Waals surface area contributed by atoms with E-state index in [4.69, 9.17) is 42.6 Å². The van der Waals surface area contributed by atoms with Crippen LogP contribution in [0.4, 0.5) is 0 Å². The van der Waals surface area contributed by atoms with Crippen molar-refractivity contribution in [2.24, 2.45) is 11.8 Å². The number of fused-ring (bicyclic) bond motifs is 4. The largest absolute Gasteiger partial charge is 0.502 e. The van der Waals surface area contributed by atoms with E-state index in [0.717, 1.165) is 0 Å². The Morgan fingerprint density at radius 3 is 2.23 bits per heavy atom. The van der Waals surface area contributed by atoms with E-state index in [0.29, 0.717) is 28.2 Å². The van der Waals surface area contributed by atoms with Crippen molar-refractivity contribution >= 4 is 33.3 Å². The molecule has 10 atom stereocenters. The molecule has 2 aromatic rings. The van der Waals surface area contributed by atoms with Crippen molar-refractivity contribution in [3.63, 3.8) is 0 Å². The zero-order chi connectivity index (χ0) is 29.3. The molecule has 13 nitrogen and oxygen atoms in total. The summed E-state index contributed by atoms with van der Waals surface area (Å²) in [5.74, 6) is -1.02. The Labute approximate surface area is 267 Å². The molecule has 0 saturated carbocycles. The number of ether oxygens (including phenoxy) is 9. The molecule has 0 amide bonds. The standard InChI is InChI=1S/C29H32O13.Pb/c1-11-36-9-20-27(40-11)24(31)25(32)29(41-20)42-26-14-7-17-16(38-10-39-17)6-13(14)21(22-15(26)8-37-28(22)33)12-4-18(34-2)23(30)19(5-12)35-3;/h4-7,11,15,20-22,24-27,29-32H,8-10H2,1-3H3;/t11-,15?,20-,21-,22+,24-,25-,26?,27-,29+;/m1./s1. The molecule has 3 saturated heterocycles. The minimum absolute atomic E-state index is 0. The van der Waals surface area contributed by atoms with Crippen LogP contribution in [-0.2, 0) is 28.5 Å². The number of phenolic OH excluding ortho intramolecular Hbond substituents is 1. The van der Waals surface area contributed by atoms with Crippen LogP contribution in [0.3, 0.4) is 0 Å². The molecule has 3 fully saturated rings. The Hall–Kier alpha value is -2.41. The van der Waals surface area contributed by atoms with Gasteiger partial charge in [0.15, 0.2) is 35.6 Å². The fourth-order valence-corrected chi connectivity index (χ4v) is 6.74. The van der Waals surface area contributed by atoms with Crippen LogP contribution in [0.2, 0.25) is 0 Å². The van der Waals surface area contributed by atoms with Crippen LogP contribution in [-0.4, -0.2) is 120 Å². The number of cyclic esters (lactones) is 1. The summed E-state index contributed by atoms with van der Waals surface area (Å²) in [6, 6.07) is 6.93. The normalized spacial score (nSPS) is 35.6. The van der Waals surface area contributed by atoms with Gasteiger partial charge in [0.1, 0.15) is 24.4 Å². The molecule has 230 valence electrons. The van der Waals surface area contributed by atoms with E-state index in [1.165, 1.54) is 14.2 Å². The zero-order valence-electron chi connectivity index (χ0n) is 23.6. The van der Waals surface area contributed by atoms with Crippen LogP contribution in [0.15, 0.2) is 24.3 Å². The van der Waals surface area contributed by atoms with Gasteiger partial charge in [0.05, 0.1) is 39.5 Å². The molecule has 0 aromatic heterocycles. The summed E-state index contributed by atoms with van der Waals surface area (Å²) in [6.07, 6.45) is -6.80. The number of hydrogen-bond acceptors (Lipinski definition) is 13. The van der Waals surface area contributed by atoms with E-state index >= 15 is 0 Å². The Morgan fingerprint density at radius 1 is 0.884 bits per heavy atom. The fraction of sp³-hybridized carbons (Fsp3) is 0.552. The van der Waals surface area contributed by atoms with E-state index in [1.54, 1.807) is 31.2 Å². The molecule has 0 spiro atoms. The predicted octanol–water partition coefficient (Wildman–Crippen LogP) is 0.958. The van der Waals surface area contributed by atoms with Crippen LogP contribution in [0.1, 0.15) is 35.6 Å². The van der Waals surface area contributed by atoms with E-state index in [9.17, 15) is 20.1 Å². The van der Waals surface area contributed by atoms with Crippen LogP contribution >= 0.6 is 0 Å². The Bertz CT molecular complexity index is 1360. The maximum atomic E-state index is 13.4. The van der Waals surface area contributed by atoms with Crippen molar-refractivity contribution in [1.29, 1.82) is 0 Å². The van der Waals surface area contributed by atoms with Gasteiger partial charge in [0.25, 0.3) is 0 Å². The number of carbonyl (C=O) groups is 1. The minimum atomic E-state index is -1.44. The fourth-order valence-electron chi connectivity index (χ4n) is 6.74. The first-order chi connectivity index (χ1) is 20.3. The van der Waals surface area contributed by atoms with Crippen LogP contribution in [0.25, 0.3) is 0 Å². The Balaban J connectivity index is 0.00000329. The van der Waals surface area contributed by atoms with Gasteiger partial charge in [-0.05, 0) is 47.9 Å². The number of carbonyl (C=O) groups excluding carboxylic acids is 1. The number of aromatic hydroxyl groups is 1. The average molecular weight is 796 g/mol. The maximum Gasteiger partial charge on any atom is 0.310 e. The minimum Gasteiger partial charge on any atom is -0.502 e. The van der Waals surface area contributed by atoms with Crippen LogP contribution in [0.5, 0.6) is 28.7 Å². The van der Waals surface area contributed by atoms with E-state index in [1.807, 2.05) is 0 Å². The summed E-state index contributed by atoms with van der Waals surface area (Å²) >= 11 is 0. The molecule has 4 aliphatic heterocycles. The first-order valence-electron chi connectivity index (χ1n) is 13.8. The number of hydrogen-bond donors (Lipinski definition) is 3. The third kappa shape index (κ3) is 5.02. The van der Waals surface area contributed by atoms with Gasteiger partial charge in [-0.2, -0.15) is 0 Å². The molecule has 2 unspecified atom stereocenters. The van der Waals surface area contributed by atoms with Gasteiger partial charge >= 0.3 is 5.97 Å². The van der Waals surface area contributed by atoms with Crippen molar-refractivity contribution in [3.8, 4) is 28.7 Å². The van der Waals surface area contributed by atoms with Gasteiger partial charge in [0, 0.05) is 39.1 Å². The van der Waals surface area contributed by atoms with E-state index in [2.05, 4.69) is 0 Å². The summed E-state index contributed by atoms with van der Waals surface area (Å²) in [5.41, 5.74) is 2.01. The molecule has 5 aliphatic rings. The van der Waals surface area contributed by atoms with E-state index < -0.39 is 66.8 Å².